The molecule has 0 aliphatic carbocycles. The molecule has 2 amide bonds. The van der Waals surface area contributed by atoms with Crippen LogP contribution in [0.2, 0.25) is 0 Å². The fourth-order valence-corrected chi connectivity index (χ4v) is 2.71. The van der Waals surface area contributed by atoms with Crippen molar-refractivity contribution in [3.63, 3.8) is 0 Å². The summed E-state index contributed by atoms with van der Waals surface area (Å²) in [6.07, 6.45) is 0. The van der Waals surface area contributed by atoms with Crippen LogP contribution in [0.3, 0.4) is 0 Å². The van der Waals surface area contributed by atoms with E-state index in [-0.39, 0.29) is 12.4 Å². The van der Waals surface area contributed by atoms with Crippen molar-refractivity contribution in [3.8, 4) is 0 Å². The average Bonchev–Trinajstić information content (AvgIpc) is 3.07. The fourth-order valence-electron chi connectivity index (χ4n) is 2.27. The summed E-state index contributed by atoms with van der Waals surface area (Å²) in [5.41, 5.74) is 2.78. The van der Waals surface area contributed by atoms with Gasteiger partial charge in [0, 0.05) is 19.6 Å². The Balaban J connectivity index is 1.56. The zero-order valence-corrected chi connectivity index (χ0v) is 13.1. The third-order valence-corrected chi connectivity index (χ3v) is 4.00. The molecule has 0 bridgehead atoms. The van der Waals surface area contributed by atoms with E-state index in [9.17, 15) is 9.18 Å². The SMILES string of the molecule is O=C(NCc1ccc(N2CCOCC2)c(F)c1)Nc1nncs1. The predicted molar refractivity (Wildman–Crippen MR) is 85.2 cm³/mol. The number of carbonyl (C=O) groups is 1. The van der Waals surface area contributed by atoms with Crippen molar-refractivity contribution in [2.75, 3.05) is 36.5 Å². The minimum Gasteiger partial charge on any atom is -0.378 e. The van der Waals surface area contributed by atoms with E-state index in [0.29, 0.717) is 42.7 Å². The van der Waals surface area contributed by atoms with Gasteiger partial charge in [-0.25, -0.2) is 9.18 Å². The number of morpholine rings is 1. The average molecular weight is 337 g/mol. The van der Waals surface area contributed by atoms with Crippen molar-refractivity contribution >= 4 is 28.2 Å². The van der Waals surface area contributed by atoms with E-state index in [2.05, 4.69) is 20.8 Å². The van der Waals surface area contributed by atoms with Gasteiger partial charge in [-0.05, 0) is 17.7 Å². The Morgan fingerprint density at radius 3 is 2.91 bits per heavy atom. The lowest BCUT2D eigenvalue weighted by molar-refractivity contribution is 0.122. The molecule has 0 atom stereocenters. The van der Waals surface area contributed by atoms with E-state index in [1.165, 1.54) is 22.9 Å². The highest BCUT2D eigenvalue weighted by atomic mass is 32.1. The summed E-state index contributed by atoms with van der Waals surface area (Å²) in [7, 11) is 0. The molecular formula is C14H16FN5O2S. The Labute approximate surface area is 136 Å². The normalized spacial score (nSPS) is 14.6. The lowest BCUT2D eigenvalue weighted by Crippen LogP contribution is -2.36. The summed E-state index contributed by atoms with van der Waals surface area (Å²) in [6, 6.07) is 4.58. The first-order chi connectivity index (χ1) is 11.2. The number of benzene rings is 1. The molecular weight excluding hydrogens is 321 g/mol. The number of halogens is 1. The molecule has 0 spiro atoms. The van der Waals surface area contributed by atoms with Gasteiger partial charge in [-0.15, -0.1) is 10.2 Å². The number of carbonyl (C=O) groups excluding carboxylic acids is 1. The summed E-state index contributed by atoms with van der Waals surface area (Å²) in [5, 5.41) is 12.9. The van der Waals surface area contributed by atoms with Gasteiger partial charge in [-0.1, -0.05) is 17.4 Å². The lowest BCUT2D eigenvalue weighted by Gasteiger charge is -2.29. The van der Waals surface area contributed by atoms with Gasteiger partial charge in [0.2, 0.25) is 5.13 Å². The van der Waals surface area contributed by atoms with Crippen molar-refractivity contribution in [1.29, 1.82) is 0 Å². The van der Waals surface area contributed by atoms with Gasteiger partial charge in [0.25, 0.3) is 0 Å². The first-order valence-corrected chi connectivity index (χ1v) is 8.02. The molecule has 1 aromatic carbocycles. The number of urea groups is 1. The van der Waals surface area contributed by atoms with E-state index < -0.39 is 6.03 Å². The third-order valence-electron chi connectivity index (χ3n) is 3.40. The number of hydrogen-bond donors (Lipinski definition) is 2. The van der Waals surface area contributed by atoms with Crippen LogP contribution in [-0.2, 0) is 11.3 Å². The quantitative estimate of drug-likeness (QED) is 0.890. The molecule has 9 heteroatoms. The molecule has 1 fully saturated rings. The lowest BCUT2D eigenvalue weighted by atomic mass is 10.1. The van der Waals surface area contributed by atoms with Crippen LogP contribution in [-0.4, -0.2) is 42.5 Å². The number of ether oxygens (including phenoxy) is 1. The van der Waals surface area contributed by atoms with Crippen LogP contribution in [0, 0.1) is 5.82 Å². The van der Waals surface area contributed by atoms with E-state index in [4.69, 9.17) is 4.74 Å². The third kappa shape index (κ3) is 4.14. The second-order valence-corrected chi connectivity index (χ2v) is 5.77. The molecule has 1 saturated heterocycles. The standard InChI is InChI=1S/C14H16FN5O2S/c15-11-7-10(1-2-12(11)20-3-5-22-6-4-20)8-16-13(21)18-14-19-17-9-23-14/h1-2,7,9H,3-6,8H2,(H2,16,18,19,21). The molecule has 0 unspecified atom stereocenters. The Bertz CT molecular complexity index is 661. The second kappa shape index (κ2) is 7.34. The van der Waals surface area contributed by atoms with Gasteiger partial charge >= 0.3 is 6.03 Å². The van der Waals surface area contributed by atoms with Crippen LogP contribution in [0.4, 0.5) is 20.0 Å². The Kier molecular flexibility index (Phi) is 4.99. The number of nitrogens with one attached hydrogen (secondary N) is 2. The van der Waals surface area contributed by atoms with Crippen molar-refractivity contribution < 1.29 is 13.9 Å². The van der Waals surface area contributed by atoms with Crippen molar-refractivity contribution in [2.24, 2.45) is 0 Å². The molecule has 2 aromatic rings. The van der Waals surface area contributed by atoms with Crippen molar-refractivity contribution in [2.45, 2.75) is 6.54 Å². The first kappa shape index (κ1) is 15.6. The zero-order chi connectivity index (χ0) is 16.1. The highest BCUT2D eigenvalue weighted by Gasteiger charge is 2.15. The number of rotatable bonds is 4. The highest BCUT2D eigenvalue weighted by Crippen LogP contribution is 2.21. The minimum absolute atomic E-state index is 0.227. The fraction of sp³-hybridized carbons (Fsp3) is 0.357. The maximum Gasteiger partial charge on any atom is 0.321 e. The number of hydrogen-bond acceptors (Lipinski definition) is 6. The largest absolute Gasteiger partial charge is 0.378 e. The van der Waals surface area contributed by atoms with E-state index in [0.717, 1.165) is 0 Å². The van der Waals surface area contributed by atoms with E-state index in [1.807, 2.05) is 4.90 Å². The van der Waals surface area contributed by atoms with Gasteiger partial charge in [0.15, 0.2) is 0 Å². The summed E-state index contributed by atoms with van der Waals surface area (Å²) in [4.78, 5) is 13.6. The Morgan fingerprint density at radius 2 is 2.22 bits per heavy atom. The van der Waals surface area contributed by atoms with Gasteiger partial charge < -0.3 is 15.0 Å². The Morgan fingerprint density at radius 1 is 1.39 bits per heavy atom. The maximum atomic E-state index is 14.2. The molecule has 1 aromatic heterocycles. The minimum atomic E-state index is -0.403. The monoisotopic (exact) mass is 337 g/mol. The number of amides is 2. The zero-order valence-electron chi connectivity index (χ0n) is 12.3. The summed E-state index contributed by atoms with van der Waals surface area (Å²) < 4.78 is 19.5. The predicted octanol–water partition coefficient (Wildman–Crippen LogP) is 1.84. The molecule has 0 radical (unpaired) electrons. The number of anilines is 2. The van der Waals surface area contributed by atoms with Crippen molar-refractivity contribution in [1.82, 2.24) is 15.5 Å². The molecule has 122 valence electrons. The smallest absolute Gasteiger partial charge is 0.321 e. The van der Waals surface area contributed by atoms with Crippen LogP contribution in [0.5, 0.6) is 0 Å². The molecule has 1 aliphatic heterocycles. The van der Waals surface area contributed by atoms with E-state index in [1.54, 1.807) is 12.1 Å². The first-order valence-electron chi connectivity index (χ1n) is 7.14. The number of nitrogens with zero attached hydrogens (tertiary/aromatic N) is 3. The van der Waals surface area contributed by atoms with Crippen LogP contribution in [0.15, 0.2) is 23.7 Å². The number of aromatic nitrogens is 2. The van der Waals surface area contributed by atoms with E-state index >= 15 is 0 Å². The Hall–Kier alpha value is -2.26. The van der Waals surface area contributed by atoms with Crippen LogP contribution in [0.25, 0.3) is 0 Å². The highest BCUT2D eigenvalue weighted by molar-refractivity contribution is 7.13. The molecule has 0 saturated carbocycles. The van der Waals surface area contributed by atoms with Crippen LogP contribution < -0.4 is 15.5 Å². The van der Waals surface area contributed by atoms with Gasteiger partial charge in [0.1, 0.15) is 11.3 Å². The summed E-state index contributed by atoms with van der Waals surface area (Å²) in [6.45, 7) is 2.80. The maximum absolute atomic E-state index is 14.2. The van der Waals surface area contributed by atoms with Gasteiger partial charge in [0.05, 0.1) is 18.9 Å². The summed E-state index contributed by atoms with van der Waals surface area (Å²) >= 11 is 1.22. The summed E-state index contributed by atoms with van der Waals surface area (Å²) in [5.74, 6) is -0.296. The van der Waals surface area contributed by atoms with Crippen LogP contribution >= 0.6 is 11.3 Å². The van der Waals surface area contributed by atoms with Crippen LogP contribution in [0.1, 0.15) is 5.56 Å². The molecule has 7 nitrogen and oxygen atoms in total. The molecule has 2 heterocycles. The molecule has 3 rings (SSSR count). The van der Waals surface area contributed by atoms with Gasteiger partial charge in [-0.2, -0.15) is 0 Å². The van der Waals surface area contributed by atoms with Gasteiger partial charge in [-0.3, -0.25) is 5.32 Å². The van der Waals surface area contributed by atoms with Crippen molar-refractivity contribution in [3.05, 3.63) is 35.1 Å². The topological polar surface area (TPSA) is 79.4 Å². The second-order valence-electron chi connectivity index (χ2n) is 4.94. The molecule has 23 heavy (non-hydrogen) atoms. The molecule has 1 aliphatic rings. The molecule has 2 N–H and O–H groups in total.